The Bertz CT molecular complexity index is 516. The first-order chi connectivity index (χ1) is 8.67. The fourth-order valence-corrected chi connectivity index (χ4v) is 3.13. The predicted molar refractivity (Wildman–Crippen MR) is 74.6 cm³/mol. The van der Waals surface area contributed by atoms with E-state index in [1.165, 1.54) is 10.4 Å². The molecule has 0 fully saturated rings. The van der Waals surface area contributed by atoms with E-state index in [0.717, 1.165) is 23.8 Å². The lowest BCUT2D eigenvalue weighted by Gasteiger charge is -2.17. The first-order valence-corrected chi connectivity index (χ1v) is 6.97. The predicted octanol–water partition coefficient (Wildman–Crippen LogP) is 3.67. The van der Waals surface area contributed by atoms with Gasteiger partial charge in [-0.15, -0.1) is 11.3 Å². The molecule has 2 rings (SSSR count). The number of rotatable bonds is 5. The topological polar surface area (TPSA) is 34.4 Å². The van der Waals surface area contributed by atoms with E-state index in [1.54, 1.807) is 18.4 Å². The number of hydrogen-bond acceptors (Lipinski definition) is 4. The maximum atomic E-state index is 5.64. The van der Waals surface area contributed by atoms with E-state index in [4.69, 9.17) is 9.15 Å². The highest BCUT2D eigenvalue weighted by Gasteiger charge is 2.22. The molecule has 4 heteroatoms. The molecular formula is C14H19NO2S. The third-order valence-electron chi connectivity index (χ3n) is 2.94. The van der Waals surface area contributed by atoms with E-state index in [2.05, 4.69) is 23.7 Å². The van der Waals surface area contributed by atoms with Gasteiger partial charge in [0, 0.05) is 5.56 Å². The molecule has 18 heavy (non-hydrogen) atoms. The Kier molecular flexibility index (Phi) is 4.09. The minimum absolute atomic E-state index is 0.141. The van der Waals surface area contributed by atoms with Gasteiger partial charge in [-0.2, -0.15) is 0 Å². The van der Waals surface area contributed by atoms with Crippen LogP contribution in [0.3, 0.4) is 0 Å². The van der Waals surface area contributed by atoms with E-state index in [1.807, 2.05) is 19.9 Å². The molecular weight excluding hydrogens is 246 g/mol. The van der Waals surface area contributed by atoms with E-state index in [-0.39, 0.29) is 6.04 Å². The first kappa shape index (κ1) is 13.2. The van der Waals surface area contributed by atoms with Gasteiger partial charge in [0.25, 0.3) is 0 Å². The van der Waals surface area contributed by atoms with Crippen molar-refractivity contribution >= 4 is 11.3 Å². The standard InChI is InChI=1S/C14H19NO2S/c1-5-15-13(11-8-9(2)17-10(11)3)14-12(16-4)6-7-18-14/h6-8,13,15H,5H2,1-4H3. The van der Waals surface area contributed by atoms with Crippen LogP contribution in [0.1, 0.15) is 34.9 Å². The molecule has 3 nitrogen and oxygen atoms in total. The van der Waals surface area contributed by atoms with Crippen LogP contribution in [0.25, 0.3) is 0 Å². The molecule has 0 aromatic carbocycles. The molecule has 1 atom stereocenters. The molecule has 0 spiro atoms. The SMILES string of the molecule is CCNC(c1cc(C)oc1C)c1sccc1OC. The number of ether oxygens (including phenoxy) is 1. The zero-order chi connectivity index (χ0) is 13.1. The Labute approximate surface area is 112 Å². The highest BCUT2D eigenvalue weighted by Crippen LogP contribution is 2.36. The minimum atomic E-state index is 0.141. The second-order valence-electron chi connectivity index (χ2n) is 4.21. The molecule has 0 bridgehead atoms. The zero-order valence-corrected chi connectivity index (χ0v) is 12.1. The van der Waals surface area contributed by atoms with Crippen LogP contribution in [0.5, 0.6) is 5.75 Å². The number of nitrogens with one attached hydrogen (secondary N) is 1. The molecule has 0 aliphatic rings. The Morgan fingerprint density at radius 2 is 2.22 bits per heavy atom. The summed E-state index contributed by atoms with van der Waals surface area (Å²) in [6.45, 7) is 6.99. The molecule has 0 amide bonds. The summed E-state index contributed by atoms with van der Waals surface area (Å²) >= 11 is 1.71. The largest absolute Gasteiger partial charge is 0.496 e. The van der Waals surface area contributed by atoms with Crippen molar-refractivity contribution in [3.05, 3.63) is 39.5 Å². The van der Waals surface area contributed by atoms with Crippen molar-refractivity contribution in [1.82, 2.24) is 5.32 Å². The van der Waals surface area contributed by atoms with Crippen molar-refractivity contribution in [3.8, 4) is 5.75 Å². The van der Waals surface area contributed by atoms with Gasteiger partial charge in [-0.25, -0.2) is 0 Å². The Morgan fingerprint density at radius 3 is 2.78 bits per heavy atom. The van der Waals surface area contributed by atoms with Crippen LogP contribution in [0.4, 0.5) is 0 Å². The summed E-state index contributed by atoms with van der Waals surface area (Å²) < 4.78 is 11.1. The third kappa shape index (κ3) is 2.44. The van der Waals surface area contributed by atoms with Crippen LogP contribution >= 0.6 is 11.3 Å². The number of aryl methyl sites for hydroxylation is 2. The highest BCUT2D eigenvalue weighted by molar-refractivity contribution is 7.10. The fourth-order valence-electron chi connectivity index (χ4n) is 2.17. The summed E-state index contributed by atoms with van der Waals surface area (Å²) in [5, 5.41) is 5.56. The maximum Gasteiger partial charge on any atom is 0.134 e. The molecule has 2 aromatic heterocycles. The summed E-state index contributed by atoms with van der Waals surface area (Å²) in [6.07, 6.45) is 0. The Balaban J connectivity index is 2.42. The van der Waals surface area contributed by atoms with Gasteiger partial charge in [0.15, 0.2) is 0 Å². The molecule has 0 saturated carbocycles. The number of methoxy groups -OCH3 is 1. The molecule has 2 heterocycles. The van der Waals surface area contributed by atoms with Crippen LogP contribution in [-0.2, 0) is 0 Å². The van der Waals surface area contributed by atoms with Crippen LogP contribution in [0.15, 0.2) is 21.9 Å². The first-order valence-electron chi connectivity index (χ1n) is 6.09. The average Bonchev–Trinajstić information content (AvgIpc) is 2.92. The molecule has 98 valence electrons. The molecule has 2 aromatic rings. The summed E-state index contributed by atoms with van der Waals surface area (Å²) in [5.41, 5.74) is 1.19. The number of furan rings is 1. The molecule has 0 aliphatic carbocycles. The van der Waals surface area contributed by atoms with E-state index in [0.29, 0.717) is 0 Å². The van der Waals surface area contributed by atoms with Crippen LogP contribution in [0, 0.1) is 13.8 Å². The van der Waals surface area contributed by atoms with Gasteiger partial charge in [0.05, 0.1) is 18.0 Å². The second-order valence-corrected chi connectivity index (χ2v) is 5.16. The van der Waals surface area contributed by atoms with Crippen molar-refractivity contribution in [2.45, 2.75) is 26.8 Å². The average molecular weight is 265 g/mol. The molecule has 0 saturated heterocycles. The molecule has 1 N–H and O–H groups in total. The van der Waals surface area contributed by atoms with Crippen molar-refractivity contribution in [2.75, 3.05) is 13.7 Å². The van der Waals surface area contributed by atoms with Crippen LogP contribution in [-0.4, -0.2) is 13.7 Å². The second kappa shape index (κ2) is 5.59. The summed E-state index contributed by atoms with van der Waals surface area (Å²) in [7, 11) is 1.71. The Morgan fingerprint density at radius 1 is 1.44 bits per heavy atom. The summed E-state index contributed by atoms with van der Waals surface area (Å²) in [5.74, 6) is 2.85. The van der Waals surface area contributed by atoms with Crippen molar-refractivity contribution in [1.29, 1.82) is 0 Å². The van der Waals surface area contributed by atoms with Gasteiger partial charge in [-0.3, -0.25) is 0 Å². The minimum Gasteiger partial charge on any atom is -0.496 e. The number of hydrogen-bond donors (Lipinski definition) is 1. The van der Waals surface area contributed by atoms with Gasteiger partial charge in [-0.1, -0.05) is 6.92 Å². The van der Waals surface area contributed by atoms with Crippen molar-refractivity contribution < 1.29 is 9.15 Å². The molecule has 1 unspecified atom stereocenters. The maximum absolute atomic E-state index is 5.64. The van der Waals surface area contributed by atoms with Crippen LogP contribution < -0.4 is 10.1 Å². The highest BCUT2D eigenvalue weighted by atomic mass is 32.1. The summed E-state index contributed by atoms with van der Waals surface area (Å²) in [4.78, 5) is 1.20. The lowest BCUT2D eigenvalue weighted by molar-refractivity contribution is 0.407. The van der Waals surface area contributed by atoms with Crippen LogP contribution in [0.2, 0.25) is 0 Å². The van der Waals surface area contributed by atoms with Crippen molar-refractivity contribution in [2.24, 2.45) is 0 Å². The lowest BCUT2D eigenvalue weighted by Crippen LogP contribution is -2.21. The van der Waals surface area contributed by atoms with Gasteiger partial charge in [0.1, 0.15) is 17.3 Å². The van der Waals surface area contributed by atoms with Gasteiger partial charge in [-0.05, 0) is 37.9 Å². The molecule has 0 aliphatic heterocycles. The lowest BCUT2D eigenvalue weighted by atomic mass is 10.1. The zero-order valence-electron chi connectivity index (χ0n) is 11.2. The quantitative estimate of drug-likeness (QED) is 0.895. The third-order valence-corrected chi connectivity index (χ3v) is 3.90. The van der Waals surface area contributed by atoms with Crippen molar-refractivity contribution in [3.63, 3.8) is 0 Å². The monoisotopic (exact) mass is 265 g/mol. The summed E-state index contributed by atoms with van der Waals surface area (Å²) in [6, 6.07) is 4.25. The number of thiophene rings is 1. The van der Waals surface area contributed by atoms with Gasteiger partial charge >= 0.3 is 0 Å². The smallest absolute Gasteiger partial charge is 0.134 e. The van der Waals surface area contributed by atoms with Gasteiger partial charge in [0.2, 0.25) is 0 Å². The molecule has 0 radical (unpaired) electrons. The van der Waals surface area contributed by atoms with E-state index >= 15 is 0 Å². The van der Waals surface area contributed by atoms with Gasteiger partial charge < -0.3 is 14.5 Å². The van der Waals surface area contributed by atoms with E-state index in [9.17, 15) is 0 Å². The normalized spacial score (nSPS) is 12.7. The van der Waals surface area contributed by atoms with E-state index < -0.39 is 0 Å². The fraction of sp³-hybridized carbons (Fsp3) is 0.429. The Hall–Kier alpha value is -1.26.